The van der Waals surface area contributed by atoms with Crippen LogP contribution in [0.4, 0.5) is 18.9 Å². The first-order valence-electron chi connectivity index (χ1n) is 9.38. The Hall–Kier alpha value is -3.75. The van der Waals surface area contributed by atoms with Crippen molar-refractivity contribution in [2.45, 2.75) is 19.3 Å². The van der Waals surface area contributed by atoms with Gasteiger partial charge in [-0.25, -0.2) is 0 Å². The molecule has 0 aliphatic heterocycles. The summed E-state index contributed by atoms with van der Waals surface area (Å²) in [5.41, 5.74) is 0.540. The van der Waals surface area contributed by atoms with E-state index >= 15 is 0 Å². The summed E-state index contributed by atoms with van der Waals surface area (Å²) in [5, 5.41) is 8.07. The Labute approximate surface area is 176 Å². The van der Waals surface area contributed by atoms with Crippen molar-refractivity contribution < 1.29 is 27.2 Å². The topological polar surface area (TPSA) is 83.4 Å². The van der Waals surface area contributed by atoms with Crippen molar-refractivity contribution in [1.29, 1.82) is 0 Å². The van der Waals surface area contributed by atoms with Gasteiger partial charge in [-0.3, -0.25) is 9.59 Å². The standard InChI is InChI=1S/C22H20F3N3O3/c23-22(24,25)17-6-2-7-18(11-17)26-14-20(29)27-12-15-4-1-5-16(10-15)21(30)28-13-19-8-3-9-31-19/h1-11,26H,12-14H2,(H,27,29)(H,28,30). The summed E-state index contributed by atoms with van der Waals surface area (Å²) in [5.74, 6) is -0.0501. The fourth-order valence-electron chi connectivity index (χ4n) is 2.76. The van der Waals surface area contributed by atoms with Crippen LogP contribution in [0.5, 0.6) is 0 Å². The lowest BCUT2D eigenvalue weighted by Crippen LogP contribution is -2.29. The van der Waals surface area contributed by atoms with E-state index in [4.69, 9.17) is 4.42 Å². The predicted molar refractivity (Wildman–Crippen MR) is 108 cm³/mol. The summed E-state index contributed by atoms with van der Waals surface area (Å²) in [4.78, 5) is 24.3. The molecule has 1 aromatic heterocycles. The van der Waals surface area contributed by atoms with Crippen molar-refractivity contribution in [3.05, 3.63) is 89.4 Å². The lowest BCUT2D eigenvalue weighted by molar-refractivity contribution is -0.137. The van der Waals surface area contributed by atoms with Gasteiger partial charge < -0.3 is 20.4 Å². The average Bonchev–Trinajstić information content (AvgIpc) is 3.28. The van der Waals surface area contributed by atoms with Gasteiger partial charge in [0, 0.05) is 17.8 Å². The smallest absolute Gasteiger partial charge is 0.416 e. The second-order valence-electron chi connectivity index (χ2n) is 6.67. The molecule has 0 aliphatic carbocycles. The molecule has 3 rings (SSSR count). The Balaban J connectivity index is 1.48. The molecule has 162 valence electrons. The second-order valence-corrected chi connectivity index (χ2v) is 6.67. The van der Waals surface area contributed by atoms with E-state index in [9.17, 15) is 22.8 Å². The van der Waals surface area contributed by atoms with Crippen LogP contribution in [0.15, 0.2) is 71.3 Å². The molecule has 0 saturated heterocycles. The summed E-state index contributed by atoms with van der Waals surface area (Å²) in [6.45, 7) is 0.237. The van der Waals surface area contributed by atoms with E-state index in [0.717, 1.165) is 12.1 Å². The number of hydrogen-bond donors (Lipinski definition) is 3. The highest BCUT2D eigenvalue weighted by molar-refractivity contribution is 5.94. The summed E-state index contributed by atoms with van der Waals surface area (Å²) in [6.07, 6.45) is -2.93. The van der Waals surface area contributed by atoms with Crippen molar-refractivity contribution in [3.63, 3.8) is 0 Å². The molecule has 1 heterocycles. The number of furan rings is 1. The minimum Gasteiger partial charge on any atom is -0.467 e. The molecule has 0 fully saturated rings. The highest BCUT2D eigenvalue weighted by Crippen LogP contribution is 2.30. The maximum absolute atomic E-state index is 12.7. The van der Waals surface area contributed by atoms with E-state index in [1.54, 1.807) is 36.4 Å². The van der Waals surface area contributed by atoms with E-state index < -0.39 is 17.6 Å². The number of benzene rings is 2. The molecule has 0 spiro atoms. The number of carbonyl (C=O) groups excluding carboxylic acids is 2. The quantitative estimate of drug-likeness (QED) is 0.504. The Morgan fingerprint density at radius 3 is 2.45 bits per heavy atom. The second kappa shape index (κ2) is 9.84. The van der Waals surface area contributed by atoms with E-state index in [2.05, 4.69) is 16.0 Å². The van der Waals surface area contributed by atoms with Gasteiger partial charge >= 0.3 is 6.18 Å². The van der Waals surface area contributed by atoms with Crippen LogP contribution < -0.4 is 16.0 Å². The molecule has 2 amide bonds. The zero-order chi connectivity index (χ0) is 22.3. The van der Waals surface area contributed by atoms with Crippen LogP contribution >= 0.6 is 0 Å². The molecular weight excluding hydrogens is 411 g/mol. The van der Waals surface area contributed by atoms with E-state index in [-0.39, 0.29) is 31.2 Å². The Bertz CT molecular complexity index is 1030. The molecule has 2 aromatic carbocycles. The van der Waals surface area contributed by atoms with Crippen LogP contribution in [-0.2, 0) is 24.1 Å². The fraction of sp³-hybridized carbons (Fsp3) is 0.182. The number of halogens is 3. The maximum Gasteiger partial charge on any atom is 0.416 e. The summed E-state index contributed by atoms with van der Waals surface area (Å²) < 4.78 is 43.4. The molecule has 9 heteroatoms. The highest BCUT2D eigenvalue weighted by Gasteiger charge is 2.30. The maximum atomic E-state index is 12.7. The molecule has 0 aliphatic rings. The number of carbonyl (C=O) groups is 2. The first kappa shape index (κ1) is 21.9. The van der Waals surface area contributed by atoms with E-state index in [1.165, 1.54) is 18.4 Å². The van der Waals surface area contributed by atoms with Gasteiger partial charge in [0.25, 0.3) is 5.91 Å². The molecule has 6 nitrogen and oxygen atoms in total. The zero-order valence-corrected chi connectivity index (χ0v) is 16.3. The summed E-state index contributed by atoms with van der Waals surface area (Å²) in [7, 11) is 0. The molecule has 0 atom stereocenters. The Morgan fingerprint density at radius 2 is 1.71 bits per heavy atom. The Morgan fingerprint density at radius 1 is 0.903 bits per heavy atom. The molecular formula is C22H20F3N3O3. The molecule has 0 unspecified atom stereocenters. The molecule has 31 heavy (non-hydrogen) atoms. The molecule has 0 saturated carbocycles. The van der Waals surface area contributed by atoms with Gasteiger partial charge in [0.2, 0.25) is 5.91 Å². The van der Waals surface area contributed by atoms with Crippen LogP contribution in [0.1, 0.15) is 27.2 Å². The number of rotatable bonds is 8. The molecule has 3 N–H and O–H groups in total. The number of anilines is 1. The monoisotopic (exact) mass is 431 g/mol. The van der Waals surface area contributed by atoms with Crippen molar-refractivity contribution in [1.82, 2.24) is 10.6 Å². The first-order valence-corrected chi connectivity index (χ1v) is 9.38. The third kappa shape index (κ3) is 6.63. The van der Waals surface area contributed by atoms with Crippen molar-refractivity contribution >= 4 is 17.5 Å². The van der Waals surface area contributed by atoms with Gasteiger partial charge in [-0.15, -0.1) is 0 Å². The number of amides is 2. The number of nitrogens with one attached hydrogen (secondary N) is 3. The third-order valence-corrected chi connectivity index (χ3v) is 4.33. The Kier molecular flexibility index (Phi) is 6.96. The lowest BCUT2D eigenvalue weighted by Gasteiger charge is -2.11. The van der Waals surface area contributed by atoms with Crippen LogP contribution in [0.2, 0.25) is 0 Å². The molecule has 0 bridgehead atoms. The van der Waals surface area contributed by atoms with Crippen LogP contribution in [-0.4, -0.2) is 18.4 Å². The normalized spacial score (nSPS) is 11.1. The molecule has 0 radical (unpaired) electrons. The minimum atomic E-state index is -4.45. The van der Waals surface area contributed by atoms with Crippen molar-refractivity contribution in [2.24, 2.45) is 0 Å². The van der Waals surface area contributed by atoms with E-state index in [1.807, 2.05) is 0 Å². The van der Waals surface area contributed by atoms with Crippen LogP contribution in [0.25, 0.3) is 0 Å². The SMILES string of the molecule is O=C(CNc1cccc(C(F)(F)F)c1)NCc1cccc(C(=O)NCc2ccco2)c1. The predicted octanol–water partition coefficient (Wildman–Crippen LogP) is 3.96. The first-order chi connectivity index (χ1) is 14.8. The van der Waals surface area contributed by atoms with Crippen LogP contribution in [0, 0.1) is 0 Å². The molecule has 3 aromatic rings. The number of hydrogen-bond acceptors (Lipinski definition) is 4. The third-order valence-electron chi connectivity index (χ3n) is 4.33. The van der Waals surface area contributed by atoms with Crippen molar-refractivity contribution in [3.8, 4) is 0 Å². The van der Waals surface area contributed by atoms with Gasteiger partial charge in [-0.05, 0) is 48.0 Å². The summed E-state index contributed by atoms with van der Waals surface area (Å²) >= 11 is 0. The zero-order valence-electron chi connectivity index (χ0n) is 16.3. The van der Waals surface area contributed by atoms with Gasteiger partial charge in [0.1, 0.15) is 5.76 Å². The average molecular weight is 431 g/mol. The van der Waals surface area contributed by atoms with Gasteiger partial charge in [-0.2, -0.15) is 13.2 Å². The minimum absolute atomic E-state index is 0.169. The number of alkyl halides is 3. The van der Waals surface area contributed by atoms with Gasteiger partial charge in [0.05, 0.1) is 24.9 Å². The van der Waals surface area contributed by atoms with Gasteiger partial charge in [-0.1, -0.05) is 18.2 Å². The lowest BCUT2D eigenvalue weighted by atomic mass is 10.1. The highest BCUT2D eigenvalue weighted by atomic mass is 19.4. The fourth-order valence-corrected chi connectivity index (χ4v) is 2.76. The van der Waals surface area contributed by atoms with Crippen molar-refractivity contribution in [2.75, 3.05) is 11.9 Å². The van der Waals surface area contributed by atoms with Gasteiger partial charge in [0.15, 0.2) is 0 Å². The van der Waals surface area contributed by atoms with E-state index in [0.29, 0.717) is 16.9 Å². The summed E-state index contributed by atoms with van der Waals surface area (Å²) in [6, 6.07) is 14.9. The van der Waals surface area contributed by atoms with Crippen LogP contribution in [0.3, 0.4) is 0 Å². The largest absolute Gasteiger partial charge is 0.467 e.